The van der Waals surface area contributed by atoms with E-state index in [1.807, 2.05) is 4.90 Å². The van der Waals surface area contributed by atoms with Crippen LogP contribution in [0.3, 0.4) is 0 Å². The van der Waals surface area contributed by atoms with Crippen molar-refractivity contribution >= 4 is 24.2 Å². The first-order chi connectivity index (χ1) is 8.20. The third-order valence-electron chi connectivity index (χ3n) is 3.17. The van der Waals surface area contributed by atoms with Crippen molar-refractivity contribution in [3.63, 3.8) is 0 Å². The molecule has 3 heteroatoms. The highest BCUT2D eigenvalue weighted by Gasteiger charge is 2.27. The quantitative estimate of drug-likeness (QED) is 0.813. The van der Waals surface area contributed by atoms with Crippen molar-refractivity contribution in [3.8, 4) is 0 Å². The third-order valence-corrected chi connectivity index (χ3v) is 3.52. The molecule has 0 aromatic heterocycles. The van der Waals surface area contributed by atoms with Crippen LogP contribution in [0, 0.1) is 0 Å². The fourth-order valence-electron chi connectivity index (χ4n) is 2.16. The van der Waals surface area contributed by atoms with Crippen LogP contribution in [0.2, 0.25) is 0 Å². The van der Waals surface area contributed by atoms with E-state index in [4.69, 9.17) is 0 Å². The van der Waals surface area contributed by atoms with Gasteiger partial charge in [0.2, 0.25) is 5.91 Å². The number of carbonyl (C=O) groups is 1. The monoisotopic (exact) mass is 249 g/mol. The number of carbonyl (C=O) groups excluding carboxylic acids is 1. The maximum atomic E-state index is 11.7. The van der Waals surface area contributed by atoms with Gasteiger partial charge in [-0.1, -0.05) is 25.5 Å². The smallest absolute Gasteiger partial charge is 0.228 e. The molecule has 0 bridgehead atoms. The van der Waals surface area contributed by atoms with Crippen molar-refractivity contribution in [2.24, 2.45) is 0 Å². The lowest BCUT2D eigenvalue weighted by Gasteiger charge is -2.16. The van der Waals surface area contributed by atoms with Crippen molar-refractivity contribution in [1.82, 2.24) is 0 Å². The molecule has 1 heterocycles. The fraction of sp³-hybridized carbons (Fsp3) is 0.500. The molecule has 2 nitrogen and oxygen atoms in total. The predicted octanol–water partition coefficient (Wildman–Crippen LogP) is 3.06. The van der Waals surface area contributed by atoms with Crippen molar-refractivity contribution in [2.75, 3.05) is 11.4 Å². The Hall–Kier alpha value is -0.960. The van der Waals surface area contributed by atoms with E-state index in [0.717, 1.165) is 18.7 Å². The van der Waals surface area contributed by atoms with Crippen molar-refractivity contribution < 1.29 is 4.79 Å². The minimum absolute atomic E-state index is 0.183. The summed E-state index contributed by atoms with van der Waals surface area (Å²) in [6.45, 7) is 2.93. The van der Waals surface area contributed by atoms with Crippen LogP contribution < -0.4 is 4.90 Å². The molecule has 0 spiro atoms. The molecule has 1 aliphatic heterocycles. The van der Waals surface area contributed by atoms with Crippen LogP contribution in [0.5, 0.6) is 0 Å². The van der Waals surface area contributed by atoms with E-state index in [9.17, 15) is 4.79 Å². The molecular formula is C14H19NOS. The van der Waals surface area contributed by atoms with Crippen LogP contribution in [0.1, 0.15) is 31.7 Å². The lowest BCUT2D eigenvalue weighted by atomic mass is 10.1. The van der Waals surface area contributed by atoms with Gasteiger partial charge in [-0.05, 0) is 30.5 Å². The number of hydrogen-bond donors (Lipinski definition) is 1. The van der Waals surface area contributed by atoms with E-state index in [2.05, 4.69) is 43.8 Å². The highest BCUT2D eigenvalue weighted by Crippen LogP contribution is 2.24. The molecular weight excluding hydrogens is 230 g/mol. The van der Waals surface area contributed by atoms with Gasteiger partial charge in [-0.3, -0.25) is 4.79 Å². The summed E-state index contributed by atoms with van der Waals surface area (Å²) in [5, 5.41) is 0.183. The van der Waals surface area contributed by atoms with E-state index in [1.165, 1.54) is 18.4 Å². The summed E-state index contributed by atoms with van der Waals surface area (Å²) in [6, 6.07) is 8.36. The summed E-state index contributed by atoms with van der Waals surface area (Å²) < 4.78 is 0. The molecule has 92 valence electrons. The second-order valence-corrected chi connectivity index (χ2v) is 5.36. The standard InChI is InChI=1S/C14H19NOS/c1-2-3-4-11-5-7-12(8-6-11)15-10-13(17)9-14(15)16/h5-8,13,17H,2-4,9-10H2,1H3. The van der Waals surface area contributed by atoms with Gasteiger partial charge in [-0.15, -0.1) is 0 Å². The van der Waals surface area contributed by atoms with Crippen molar-refractivity contribution in [3.05, 3.63) is 29.8 Å². The van der Waals surface area contributed by atoms with Crippen LogP contribution in [-0.4, -0.2) is 17.7 Å². The zero-order valence-corrected chi connectivity index (χ0v) is 11.1. The molecule has 0 N–H and O–H groups in total. The van der Waals surface area contributed by atoms with Gasteiger partial charge >= 0.3 is 0 Å². The zero-order chi connectivity index (χ0) is 12.3. The molecule has 0 radical (unpaired) electrons. The number of unbranched alkanes of at least 4 members (excludes halogenated alkanes) is 1. The average Bonchev–Trinajstić information content (AvgIpc) is 2.66. The maximum absolute atomic E-state index is 11.7. The number of benzene rings is 1. The van der Waals surface area contributed by atoms with Crippen LogP contribution >= 0.6 is 12.6 Å². The Morgan fingerprint density at radius 3 is 2.59 bits per heavy atom. The van der Waals surface area contributed by atoms with Gasteiger partial charge in [0.05, 0.1) is 0 Å². The number of hydrogen-bond acceptors (Lipinski definition) is 2. The number of aryl methyl sites for hydroxylation is 1. The molecule has 1 aromatic rings. The Bertz CT molecular complexity index is 388. The molecule has 0 aliphatic carbocycles. The van der Waals surface area contributed by atoms with Crippen LogP contribution in [0.15, 0.2) is 24.3 Å². The lowest BCUT2D eigenvalue weighted by Crippen LogP contribution is -2.24. The highest BCUT2D eigenvalue weighted by atomic mass is 32.1. The van der Waals surface area contributed by atoms with Gasteiger partial charge in [0, 0.05) is 23.9 Å². The van der Waals surface area contributed by atoms with E-state index in [1.54, 1.807) is 0 Å². The minimum atomic E-state index is 0.183. The molecule has 1 amide bonds. The first-order valence-corrected chi connectivity index (χ1v) is 6.79. The Balaban J connectivity index is 2.05. The Labute approximate surface area is 108 Å². The van der Waals surface area contributed by atoms with Crippen molar-refractivity contribution in [1.29, 1.82) is 0 Å². The first-order valence-electron chi connectivity index (χ1n) is 6.28. The molecule has 17 heavy (non-hydrogen) atoms. The molecule has 1 unspecified atom stereocenters. The SMILES string of the molecule is CCCCc1ccc(N2CC(S)CC2=O)cc1. The van der Waals surface area contributed by atoms with Gasteiger partial charge in [-0.2, -0.15) is 12.6 Å². The summed E-state index contributed by atoms with van der Waals surface area (Å²) in [6.07, 6.45) is 4.12. The normalized spacial score (nSPS) is 20.0. The number of nitrogens with zero attached hydrogens (tertiary/aromatic N) is 1. The molecule has 2 rings (SSSR count). The second kappa shape index (κ2) is 5.58. The van der Waals surface area contributed by atoms with E-state index < -0.39 is 0 Å². The van der Waals surface area contributed by atoms with Crippen molar-refractivity contribution in [2.45, 2.75) is 37.9 Å². The van der Waals surface area contributed by atoms with Gasteiger partial charge < -0.3 is 4.90 Å². The summed E-state index contributed by atoms with van der Waals surface area (Å²) >= 11 is 4.37. The average molecular weight is 249 g/mol. The van der Waals surface area contributed by atoms with E-state index in [-0.39, 0.29) is 11.2 Å². The lowest BCUT2D eigenvalue weighted by molar-refractivity contribution is -0.117. The molecule has 0 saturated carbocycles. The van der Waals surface area contributed by atoms with Gasteiger partial charge in [0.1, 0.15) is 0 Å². The molecule has 1 atom stereocenters. The fourth-order valence-corrected chi connectivity index (χ4v) is 2.48. The molecule has 1 fully saturated rings. The summed E-state index contributed by atoms with van der Waals surface area (Å²) in [7, 11) is 0. The second-order valence-electron chi connectivity index (χ2n) is 4.63. The summed E-state index contributed by atoms with van der Waals surface area (Å²) in [5.41, 5.74) is 2.36. The maximum Gasteiger partial charge on any atom is 0.228 e. The van der Waals surface area contributed by atoms with Crippen LogP contribution in [0.4, 0.5) is 5.69 Å². The Kier molecular flexibility index (Phi) is 4.11. The van der Waals surface area contributed by atoms with Gasteiger partial charge in [0.25, 0.3) is 0 Å². The Morgan fingerprint density at radius 1 is 1.35 bits per heavy atom. The molecule has 1 aliphatic rings. The largest absolute Gasteiger partial charge is 0.311 e. The van der Waals surface area contributed by atoms with Gasteiger partial charge in [-0.25, -0.2) is 0 Å². The number of thiol groups is 1. The predicted molar refractivity (Wildman–Crippen MR) is 74.8 cm³/mol. The molecule has 1 aromatic carbocycles. The molecule has 1 saturated heterocycles. The first kappa shape index (κ1) is 12.5. The highest BCUT2D eigenvalue weighted by molar-refractivity contribution is 7.81. The van der Waals surface area contributed by atoms with Crippen LogP contribution in [-0.2, 0) is 11.2 Å². The van der Waals surface area contributed by atoms with Gasteiger partial charge in [0.15, 0.2) is 0 Å². The summed E-state index contributed by atoms with van der Waals surface area (Å²) in [4.78, 5) is 13.6. The van der Waals surface area contributed by atoms with E-state index >= 15 is 0 Å². The Morgan fingerprint density at radius 2 is 2.06 bits per heavy atom. The number of anilines is 1. The minimum Gasteiger partial charge on any atom is -0.311 e. The number of amides is 1. The topological polar surface area (TPSA) is 20.3 Å². The zero-order valence-electron chi connectivity index (χ0n) is 10.2. The van der Waals surface area contributed by atoms with E-state index in [0.29, 0.717) is 6.42 Å². The summed E-state index contributed by atoms with van der Waals surface area (Å²) in [5.74, 6) is 0.186. The number of rotatable bonds is 4. The van der Waals surface area contributed by atoms with Crippen LogP contribution in [0.25, 0.3) is 0 Å². The third kappa shape index (κ3) is 3.03.